The molecule has 1 aromatic heterocycles. The minimum Gasteiger partial charge on any atom is -0.435 e. The van der Waals surface area contributed by atoms with Gasteiger partial charge in [0.05, 0.1) is 5.56 Å². The van der Waals surface area contributed by atoms with E-state index in [-0.39, 0.29) is 16.8 Å². The maximum atomic E-state index is 13.5. The number of ether oxygens (including phenoxy) is 1. The van der Waals surface area contributed by atoms with E-state index in [2.05, 4.69) is 9.97 Å². The zero-order valence-corrected chi connectivity index (χ0v) is 10.9. The molecule has 2 aromatic rings. The van der Waals surface area contributed by atoms with E-state index in [9.17, 15) is 8.78 Å². The lowest BCUT2D eigenvalue weighted by atomic mass is 10.2. The molecule has 0 amide bonds. The van der Waals surface area contributed by atoms with Crippen molar-refractivity contribution in [2.24, 2.45) is 0 Å². The van der Waals surface area contributed by atoms with Crippen molar-refractivity contribution >= 4 is 11.6 Å². The molecule has 6 heteroatoms. The van der Waals surface area contributed by atoms with E-state index >= 15 is 0 Å². The molecule has 19 heavy (non-hydrogen) atoms. The van der Waals surface area contributed by atoms with Crippen LogP contribution in [0.25, 0.3) is 0 Å². The normalized spacial score (nSPS) is 10.5. The molecule has 100 valence electrons. The van der Waals surface area contributed by atoms with Crippen LogP contribution in [0.4, 0.5) is 8.78 Å². The maximum Gasteiger partial charge on any atom is 0.227 e. The summed E-state index contributed by atoms with van der Waals surface area (Å²) in [7, 11) is 0. The summed E-state index contributed by atoms with van der Waals surface area (Å²) < 4.78 is 31.9. The SMILES string of the molecule is CCCc1c(Cl)ncnc1Oc1cccc(F)c1F. The third-order valence-corrected chi connectivity index (χ3v) is 2.80. The molecule has 0 unspecified atom stereocenters. The van der Waals surface area contributed by atoms with Crippen molar-refractivity contribution < 1.29 is 13.5 Å². The van der Waals surface area contributed by atoms with Crippen LogP contribution < -0.4 is 4.74 Å². The van der Waals surface area contributed by atoms with Gasteiger partial charge in [-0.1, -0.05) is 31.0 Å². The number of nitrogens with zero attached hydrogens (tertiary/aromatic N) is 2. The Morgan fingerprint density at radius 2 is 2.05 bits per heavy atom. The van der Waals surface area contributed by atoms with Gasteiger partial charge in [-0.05, 0) is 18.6 Å². The fourth-order valence-electron chi connectivity index (χ4n) is 1.59. The van der Waals surface area contributed by atoms with E-state index in [1.807, 2.05) is 6.92 Å². The highest BCUT2D eigenvalue weighted by molar-refractivity contribution is 6.30. The van der Waals surface area contributed by atoms with E-state index in [4.69, 9.17) is 16.3 Å². The van der Waals surface area contributed by atoms with Gasteiger partial charge in [0.25, 0.3) is 0 Å². The standard InChI is InChI=1S/C13H11ClF2N2O/c1-2-4-8-12(14)17-7-18-13(8)19-10-6-3-5-9(15)11(10)16/h3,5-7H,2,4H2,1H3. The third kappa shape index (κ3) is 2.98. The molecule has 0 bridgehead atoms. The Labute approximate surface area is 114 Å². The number of hydrogen-bond donors (Lipinski definition) is 0. The van der Waals surface area contributed by atoms with Crippen molar-refractivity contribution in [1.29, 1.82) is 0 Å². The van der Waals surface area contributed by atoms with Crippen LogP contribution in [-0.2, 0) is 6.42 Å². The predicted octanol–water partition coefficient (Wildman–Crippen LogP) is 4.15. The van der Waals surface area contributed by atoms with Crippen molar-refractivity contribution in [2.75, 3.05) is 0 Å². The zero-order valence-electron chi connectivity index (χ0n) is 10.2. The van der Waals surface area contributed by atoms with Crippen molar-refractivity contribution in [3.63, 3.8) is 0 Å². The Morgan fingerprint density at radius 1 is 1.26 bits per heavy atom. The molecule has 0 radical (unpaired) electrons. The molecular formula is C13H11ClF2N2O. The highest BCUT2D eigenvalue weighted by Crippen LogP contribution is 2.30. The molecule has 0 N–H and O–H groups in total. The number of benzene rings is 1. The average Bonchev–Trinajstić information content (AvgIpc) is 2.39. The van der Waals surface area contributed by atoms with E-state index in [0.717, 1.165) is 12.5 Å². The highest BCUT2D eigenvalue weighted by atomic mass is 35.5. The molecule has 1 heterocycles. The highest BCUT2D eigenvalue weighted by Gasteiger charge is 2.15. The summed E-state index contributed by atoms with van der Waals surface area (Å²) in [4.78, 5) is 7.76. The second-order valence-electron chi connectivity index (χ2n) is 3.85. The first kappa shape index (κ1) is 13.7. The van der Waals surface area contributed by atoms with Crippen molar-refractivity contribution in [3.8, 4) is 11.6 Å². The molecule has 0 saturated carbocycles. The largest absolute Gasteiger partial charge is 0.435 e. The first-order valence-electron chi connectivity index (χ1n) is 5.74. The van der Waals surface area contributed by atoms with E-state index < -0.39 is 11.6 Å². The summed E-state index contributed by atoms with van der Waals surface area (Å²) in [6, 6.07) is 3.70. The fraction of sp³-hybridized carbons (Fsp3) is 0.231. The molecule has 0 saturated heterocycles. The molecule has 0 atom stereocenters. The minimum absolute atomic E-state index is 0.145. The lowest BCUT2D eigenvalue weighted by molar-refractivity contribution is 0.401. The van der Waals surface area contributed by atoms with Gasteiger partial charge < -0.3 is 4.74 Å². The van der Waals surface area contributed by atoms with Gasteiger partial charge in [0.1, 0.15) is 11.5 Å². The zero-order chi connectivity index (χ0) is 13.8. The quantitative estimate of drug-likeness (QED) is 0.791. The van der Waals surface area contributed by atoms with Crippen LogP contribution in [0.2, 0.25) is 5.15 Å². The summed E-state index contributed by atoms with van der Waals surface area (Å²) in [5, 5.41) is 0.253. The topological polar surface area (TPSA) is 35.0 Å². The molecule has 1 aromatic carbocycles. The predicted molar refractivity (Wildman–Crippen MR) is 67.5 cm³/mol. The first-order chi connectivity index (χ1) is 9.13. The van der Waals surface area contributed by atoms with Crippen molar-refractivity contribution in [2.45, 2.75) is 19.8 Å². The van der Waals surface area contributed by atoms with Gasteiger partial charge in [0, 0.05) is 0 Å². The van der Waals surface area contributed by atoms with Gasteiger partial charge in [-0.25, -0.2) is 14.4 Å². The van der Waals surface area contributed by atoms with Gasteiger partial charge in [0.2, 0.25) is 11.7 Å². The van der Waals surface area contributed by atoms with Crippen molar-refractivity contribution in [1.82, 2.24) is 9.97 Å². The molecule has 0 aliphatic rings. The lowest BCUT2D eigenvalue weighted by Crippen LogP contribution is -1.99. The maximum absolute atomic E-state index is 13.5. The molecular weight excluding hydrogens is 274 g/mol. The summed E-state index contributed by atoms with van der Waals surface area (Å²) in [6.07, 6.45) is 2.61. The Balaban J connectivity index is 2.38. The Morgan fingerprint density at radius 3 is 2.79 bits per heavy atom. The monoisotopic (exact) mass is 284 g/mol. The number of aromatic nitrogens is 2. The number of hydrogen-bond acceptors (Lipinski definition) is 3. The molecule has 0 fully saturated rings. The van der Waals surface area contributed by atoms with E-state index in [0.29, 0.717) is 12.0 Å². The Hall–Kier alpha value is -1.75. The van der Waals surface area contributed by atoms with Crippen LogP contribution >= 0.6 is 11.6 Å². The van der Waals surface area contributed by atoms with E-state index in [1.54, 1.807) is 0 Å². The molecule has 0 spiro atoms. The van der Waals surface area contributed by atoms with Crippen LogP contribution in [0.5, 0.6) is 11.6 Å². The summed E-state index contributed by atoms with van der Waals surface area (Å²) in [5.74, 6) is -2.12. The van der Waals surface area contributed by atoms with Gasteiger partial charge in [-0.2, -0.15) is 4.39 Å². The van der Waals surface area contributed by atoms with Gasteiger partial charge in [-0.3, -0.25) is 0 Å². The minimum atomic E-state index is -1.06. The Bertz CT molecular complexity index is 593. The number of halogens is 3. The van der Waals surface area contributed by atoms with E-state index in [1.165, 1.54) is 18.5 Å². The summed E-state index contributed by atoms with van der Waals surface area (Å²) in [6.45, 7) is 1.95. The van der Waals surface area contributed by atoms with Crippen LogP contribution in [-0.4, -0.2) is 9.97 Å². The molecule has 3 nitrogen and oxygen atoms in total. The second kappa shape index (κ2) is 5.93. The van der Waals surface area contributed by atoms with Crippen LogP contribution in [0.15, 0.2) is 24.5 Å². The average molecular weight is 285 g/mol. The second-order valence-corrected chi connectivity index (χ2v) is 4.21. The van der Waals surface area contributed by atoms with Crippen LogP contribution in [0.1, 0.15) is 18.9 Å². The summed E-state index contributed by atoms with van der Waals surface area (Å²) in [5.41, 5.74) is 0.579. The fourth-order valence-corrected chi connectivity index (χ4v) is 1.81. The third-order valence-electron chi connectivity index (χ3n) is 2.48. The summed E-state index contributed by atoms with van der Waals surface area (Å²) >= 11 is 5.95. The van der Waals surface area contributed by atoms with Crippen LogP contribution in [0, 0.1) is 11.6 Å². The van der Waals surface area contributed by atoms with Gasteiger partial charge in [0.15, 0.2) is 11.6 Å². The first-order valence-corrected chi connectivity index (χ1v) is 6.12. The Kier molecular flexibility index (Phi) is 4.27. The van der Waals surface area contributed by atoms with Crippen LogP contribution in [0.3, 0.4) is 0 Å². The lowest BCUT2D eigenvalue weighted by Gasteiger charge is -2.10. The molecule has 0 aliphatic heterocycles. The molecule has 0 aliphatic carbocycles. The van der Waals surface area contributed by atoms with Gasteiger partial charge >= 0.3 is 0 Å². The van der Waals surface area contributed by atoms with Gasteiger partial charge in [-0.15, -0.1) is 0 Å². The smallest absolute Gasteiger partial charge is 0.227 e. The number of rotatable bonds is 4. The van der Waals surface area contributed by atoms with Crippen molar-refractivity contribution in [3.05, 3.63) is 46.9 Å². The molecule has 2 rings (SSSR count).